The summed E-state index contributed by atoms with van der Waals surface area (Å²) in [4.78, 5) is 31.9. The van der Waals surface area contributed by atoms with E-state index in [9.17, 15) is 9.59 Å². The van der Waals surface area contributed by atoms with Gasteiger partial charge in [-0.25, -0.2) is 9.97 Å². The normalized spacial score (nSPS) is 10.2. The number of amides is 2. The minimum absolute atomic E-state index is 0.207. The highest BCUT2D eigenvalue weighted by Crippen LogP contribution is 2.11. The second-order valence-corrected chi connectivity index (χ2v) is 5.48. The number of benzene rings is 1. The molecule has 0 radical (unpaired) electrons. The Morgan fingerprint density at radius 1 is 1.19 bits per heavy atom. The van der Waals surface area contributed by atoms with Crippen LogP contribution >= 0.6 is 0 Å². The Bertz CT molecular complexity index is 891. The fourth-order valence-corrected chi connectivity index (χ4v) is 2.16. The summed E-state index contributed by atoms with van der Waals surface area (Å²) in [7, 11) is 0. The zero-order valence-corrected chi connectivity index (χ0v) is 14.0. The van der Waals surface area contributed by atoms with Gasteiger partial charge in [-0.2, -0.15) is 0 Å². The molecule has 132 valence electrons. The Labute approximate surface area is 149 Å². The van der Waals surface area contributed by atoms with Crippen molar-refractivity contribution >= 4 is 11.8 Å². The van der Waals surface area contributed by atoms with Crippen LogP contribution in [0.4, 0.5) is 0 Å². The summed E-state index contributed by atoms with van der Waals surface area (Å²) in [6, 6.07) is 10.6. The molecule has 8 heteroatoms. The minimum Gasteiger partial charge on any atom is -0.484 e. The van der Waals surface area contributed by atoms with E-state index in [2.05, 4.69) is 20.8 Å². The minimum atomic E-state index is -0.474. The third-order valence-electron chi connectivity index (χ3n) is 3.45. The van der Waals surface area contributed by atoms with E-state index in [1.807, 2.05) is 25.1 Å². The van der Waals surface area contributed by atoms with E-state index in [0.29, 0.717) is 17.1 Å². The summed E-state index contributed by atoms with van der Waals surface area (Å²) in [6.07, 6.45) is 6.41. The lowest BCUT2D eigenvalue weighted by Gasteiger charge is -2.09. The number of imidazole rings is 1. The second-order valence-electron chi connectivity index (χ2n) is 5.48. The Kier molecular flexibility index (Phi) is 5.23. The van der Waals surface area contributed by atoms with Crippen LogP contribution in [0.2, 0.25) is 0 Å². The number of aryl methyl sites for hydroxylation is 1. The van der Waals surface area contributed by atoms with Crippen molar-refractivity contribution in [1.82, 2.24) is 25.4 Å². The highest BCUT2D eigenvalue weighted by Gasteiger charge is 2.09. The molecule has 8 nitrogen and oxygen atoms in total. The van der Waals surface area contributed by atoms with E-state index in [0.717, 1.165) is 5.56 Å². The largest absolute Gasteiger partial charge is 0.484 e. The van der Waals surface area contributed by atoms with Crippen LogP contribution in [0, 0.1) is 6.92 Å². The molecule has 2 aromatic heterocycles. The van der Waals surface area contributed by atoms with Crippen LogP contribution in [-0.4, -0.2) is 33.0 Å². The first kappa shape index (κ1) is 17.2. The molecular weight excluding hydrogens is 334 g/mol. The molecule has 0 saturated heterocycles. The smallest absolute Gasteiger partial charge is 0.276 e. The molecule has 0 saturated carbocycles. The van der Waals surface area contributed by atoms with Gasteiger partial charge in [0.05, 0.1) is 5.56 Å². The van der Waals surface area contributed by atoms with Crippen LogP contribution in [0.15, 0.2) is 61.3 Å². The van der Waals surface area contributed by atoms with E-state index in [1.165, 1.54) is 6.20 Å². The highest BCUT2D eigenvalue weighted by atomic mass is 16.5. The highest BCUT2D eigenvalue weighted by molar-refractivity contribution is 5.95. The summed E-state index contributed by atoms with van der Waals surface area (Å²) < 4.78 is 7.07. The van der Waals surface area contributed by atoms with E-state index < -0.39 is 11.8 Å². The number of nitrogens with zero attached hydrogens (tertiary/aromatic N) is 3. The fraction of sp³-hybridized carbons (Fsp3) is 0.111. The van der Waals surface area contributed by atoms with Gasteiger partial charge in [-0.1, -0.05) is 12.1 Å². The first-order chi connectivity index (χ1) is 12.6. The van der Waals surface area contributed by atoms with Crippen LogP contribution in [0.1, 0.15) is 15.9 Å². The standard InChI is InChI=1S/C18H17N5O3/c1-13-3-2-4-15(9-13)26-11-17(24)21-22-18(25)14-5-6-16(20-10-14)23-8-7-19-12-23/h2-10,12H,11H2,1H3,(H,21,24)(H,22,25). The van der Waals surface area contributed by atoms with Crippen molar-refractivity contribution in [3.8, 4) is 11.6 Å². The lowest BCUT2D eigenvalue weighted by molar-refractivity contribution is -0.123. The molecule has 0 bridgehead atoms. The maximum Gasteiger partial charge on any atom is 0.276 e. The van der Waals surface area contributed by atoms with Gasteiger partial charge in [0.15, 0.2) is 6.61 Å². The summed E-state index contributed by atoms with van der Waals surface area (Å²) in [6.45, 7) is 1.72. The monoisotopic (exact) mass is 351 g/mol. The predicted octanol–water partition coefficient (Wildman–Crippen LogP) is 1.42. The number of carbonyl (C=O) groups is 2. The van der Waals surface area contributed by atoms with Gasteiger partial charge in [0.25, 0.3) is 11.8 Å². The molecule has 0 fully saturated rings. The van der Waals surface area contributed by atoms with Gasteiger partial charge in [-0.15, -0.1) is 0 Å². The Morgan fingerprint density at radius 3 is 2.77 bits per heavy atom. The van der Waals surface area contributed by atoms with Crippen molar-refractivity contribution in [2.45, 2.75) is 6.92 Å². The van der Waals surface area contributed by atoms with Crippen LogP contribution in [0.5, 0.6) is 5.75 Å². The van der Waals surface area contributed by atoms with E-state index >= 15 is 0 Å². The van der Waals surface area contributed by atoms with Gasteiger partial charge in [0.2, 0.25) is 0 Å². The number of hydrogen-bond donors (Lipinski definition) is 2. The van der Waals surface area contributed by atoms with E-state index in [1.54, 1.807) is 41.5 Å². The number of carbonyl (C=O) groups excluding carboxylic acids is 2. The van der Waals surface area contributed by atoms with Crippen molar-refractivity contribution in [3.63, 3.8) is 0 Å². The lowest BCUT2D eigenvalue weighted by Crippen LogP contribution is -2.43. The maximum atomic E-state index is 12.0. The van der Waals surface area contributed by atoms with Gasteiger partial charge in [0.1, 0.15) is 17.9 Å². The van der Waals surface area contributed by atoms with Crippen molar-refractivity contribution in [2.24, 2.45) is 0 Å². The molecule has 3 rings (SSSR count). The third kappa shape index (κ3) is 4.44. The molecule has 26 heavy (non-hydrogen) atoms. The molecule has 0 aliphatic rings. The lowest BCUT2D eigenvalue weighted by atomic mass is 10.2. The van der Waals surface area contributed by atoms with Crippen LogP contribution in [-0.2, 0) is 4.79 Å². The average molecular weight is 351 g/mol. The zero-order chi connectivity index (χ0) is 18.4. The molecule has 1 aromatic carbocycles. The summed E-state index contributed by atoms with van der Waals surface area (Å²) in [5.41, 5.74) is 5.97. The van der Waals surface area contributed by atoms with Crippen LogP contribution in [0.25, 0.3) is 5.82 Å². The predicted molar refractivity (Wildman–Crippen MR) is 93.6 cm³/mol. The van der Waals surface area contributed by atoms with Crippen molar-refractivity contribution in [3.05, 3.63) is 72.4 Å². The van der Waals surface area contributed by atoms with Gasteiger partial charge in [-0.3, -0.25) is 25.0 Å². The van der Waals surface area contributed by atoms with E-state index in [-0.39, 0.29) is 6.61 Å². The van der Waals surface area contributed by atoms with E-state index in [4.69, 9.17) is 4.74 Å². The zero-order valence-electron chi connectivity index (χ0n) is 14.0. The molecule has 0 atom stereocenters. The molecule has 2 N–H and O–H groups in total. The van der Waals surface area contributed by atoms with Gasteiger partial charge in [-0.05, 0) is 36.8 Å². The van der Waals surface area contributed by atoms with Crippen molar-refractivity contribution < 1.29 is 14.3 Å². The fourth-order valence-electron chi connectivity index (χ4n) is 2.16. The van der Waals surface area contributed by atoms with Crippen LogP contribution in [0.3, 0.4) is 0 Å². The number of ether oxygens (including phenoxy) is 1. The molecule has 0 spiro atoms. The number of nitrogens with one attached hydrogen (secondary N) is 2. The Balaban J connectivity index is 1.48. The molecular formula is C18H17N5O3. The van der Waals surface area contributed by atoms with Crippen LogP contribution < -0.4 is 15.6 Å². The molecule has 0 aliphatic carbocycles. The number of hydrogen-bond acceptors (Lipinski definition) is 5. The molecule has 0 unspecified atom stereocenters. The van der Waals surface area contributed by atoms with Crippen molar-refractivity contribution in [2.75, 3.05) is 6.61 Å². The summed E-state index contributed by atoms with van der Waals surface area (Å²) in [5.74, 6) is 0.279. The number of aromatic nitrogens is 3. The van der Waals surface area contributed by atoms with Crippen molar-refractivity contribution in [1.29, 1.82) is 0 Å². The van der Waals surface area contributed by atoms with Gasteiger partial charge < -0.3 is 4.74 Å². The second kappa shape index (κ2) is 7.93. The van der Waals surface area contributed by atoms with Gasteiger partial charge >= 0.3 is 0 Å². The molecule has 0 aliphatic heterocycles. The molecule has 2 heterocycles. The van der Waals surface area contributed by atoms with Gasteiger partial charge in [0, 0.05) is 18.6 Å². The third-order valence-corrected chi connectivity index (χ3v) is 3.45. The Hall–Kier alpha value is -3.68. The summed E-state index contributed by atoms with van der Waals surface area (Å²) in [5, 5.41) is 0. The topological polar surface area (TPSA) is 98.1 Å². The SMILES string of the molecule is Cc1cccc(OCC(=O)NNC(=O)c2ccc(-n3ccnc3)nc2)c1. The number of hydrazine groups is 1. The quantitative estimate of drug-likeness (QED) is 0.678. The first-order valence-electron chi connectivity index (χ1n) is 7.85. The average Bonchev–Trinajstić information content (AvgIpc) is 3.19. The Morgan fingerprint density at radius 2 is 2.08 bits per heavy atom. The first-order valence-corrected chi connectivity index (χ1v) is 7.85. The summed E-state index contributed by atoms with van der Waals surface area (Å²) >= 11 is 0. The molecule has 2 amide bonds. The number of rotatable bonds is 5. The number of pyridine rings is 1. The molecule has 3 aromatic rings. The maximum absolute atomic E-state index is 12.0.